The molecule has 1 N–H and O–H groups in total. The Bertz CT molecular complexity index is 407. The average molecular weight is 260 g/mol. The number of nitrogens with zero attached hydrogens (tertiary/aromatic N) is 1. The highest BCUT2D eigenvalue weighted by atomic mass is 16.1. The van der Waals surface area contributed by atoms with Crippen molar-refractivity contribution >= 4 is 5.78 Å². The van der Waals surface area contributed by atoms with E-state index < -0.39 is 0 Å². The van der Waals surface area contributed by atoms with Crippen molar-refractivity contribution in [1.82, 2.24) is 10.2 Å². The molecular weight excluding hydrogens is 236 g/mol. The maximum atomic E-state index is 12.5. The fraction of sp³-hybridized carbons (Fsp3) is 0.562. The molecule has 3 nitrogen and oxygen atoms in total. The summed E-state index contributed by atoms with van der Waals surface area (Å²) in [6.45, 7) is 8.07. The summed E-state index contributed by atoms with van der Waals surface area (Å²) in [5, 5.41) is 3.32. The molecule has 0 saturated carbocycles. The second kappa shape index (κ2) is 6.83. The number of hydrogen-bond acceptors (Lipinski definition) is 3. The van der Waals surface area contributed by atoms with Gasteiger partial charge in [-0.1, -0.05) is 37.6 Å². The Morgan fingerprint density at radius 2 is 1.89 bits per heavy atom. The molecule has 1 fully saturated rings. The lowest BCUT2D eigenvalue weighted by molar-refractivity contribution is 0.0820. The van der Waals surface area contributed by atoms with E-state index in [0.717, 1.165) is 44.6 Å². The molecule has 1 aromatic carbocycles. The number of rotatable bonds is 5. The quantitative estimate of drug-likeness (QED) is 0.823. The van der Waals surface area contributed by atoms with Crippen LogP contribution in [-0.2, 0) is 6.42 Å². The summed E-state index contributed by atoms with van der Waals surface area (Å²) in [5.74, 6) is 0.241. The molecule has 1 saturated heterocycles. The number of ketones is 1. The summed E-state index contributed by atoms with van der Waals surface area (Å²) in [5.41, 5.74) is 2.15. The van der Waals surface area contributed by atoms with Crippen molar-refractivity contribution in [1.29, 1.82) is 0 Å². The van der Waals surface area contributed by atoms with Crippen molar-refractivity contribution in [2.45, 2.75) is 32.7 Å². The maximum Gasteiger partial charge on any atom is 0.179 e. The summed E-state index contributed by atoms with van der Waals surface area (Å²) in [6.07, 6.45) is 2.23. The molecule has 2 rings (SSSR count). The maximum absolute atomic E-state index is 12.5. The Balaban J connectivity index is 2.01. The summed E-state index contributed by atoms with van der Waals surface area (Å²) in [7, 11) is 0. The first-order valence-electron chi connectivity index (χ1n) is 7.30. The number of aryl methyl sites for hydroxylation is 1. The average Bonchev–Trinajstić information content (AvgIpc) is 2.48. The van der Waals surface area contributed by atoms with E-state index in [9.17, 15) is 4.79 Å². The molecule has 1 aromatic rings. The van der Waals surface area contributed by atoms with Crippen molar-refractivity contribution in [3.63, 3.8) is 0 Å². The summed E-state index contributed by atoms with van der Waals surface area (Å²) < 4.78 is 0. The van der Waals surface area contributed by atoms with E-state index >= 15 is 0 Å². The third-order valence-electron chi connectivity index (χ3n) is 3.86. The second-order valence-corrected chi connectivity index (χ2v) is 5.27. The molecule has 0 amide bonds. The smallest absolute Gasteiger partial charge is 0.179 e. The fourth-order valence-electron chi connectivity index (χ4n) is 2.60. The van der Waals surface area contributed by atoms with Crippen LogP contribution in [0.3, 0.4) is 0 Å². The van der Waals surface area contributed by atoms with Crippen molar-refractivity contribution in [2.75, 3.05) is 26.2 Å². The molecule has 104 valence electrons. The molecule has 0 aromatic heterocycles. The molecule has 1 aliphatic rings. The van der Waals surface area contributed by atoms with Gasteiger partial charge in [0.05, 0.1) is 6.04 Å². The van der Waals surface area contributed by atoms with Crippen LogP contribution in [0.1, 0.15) is 36.2 Å². The first-order valence-corrected chi connectivity index (χ1v) is 7.30. The van der Waals surface area contributed by atoms with Crippen LogP contribution in [0.15, 0.2) is 24.3 Å². The number of nitrogens with one attached hydrogen (secondary N) is 1. The second-order valence-electron chi connectivity index (χ2n) is 5.27. The van der Waals surface area contributed by atoms with Crippen LogP contribution < -0.4 is 5.32 Å². The van der Waals surface area contributed by atoms with Gasteiger partial charge in [0.2, 0.25) is 0 Å². The van der Waals surface area contributed by atoms with Gasteiger partial charge in [-0.15, -0.1) is 0 Å². The monoisotopic (exact) mass is 260 g/mol. The largest absolute Gasteiger partial charge is 0.314 e. The van der Waals surface area contributed by atoms with Crippen LogP contribution in [-0.4, -0.2) is 42.9 Å². The zero-order chi connectivity index (χ0) is 13.7. The zero-order valence-electron chi connectivity index (χ0n) is 12.0. The molecule has 1 aliphatic heterocycles. The van der Waals surface area contributed by atoms with Crippen LogP contribution in [0, 0.1) is 0 Å². The van der Waals surface area contributed by atoms with Crippen LogP contribution in [0.5, 0.6) is 0 Å². The normalized spacial score (nSPS) is 18.2. The summed E-state index contributed by atoms with van der Waals surface area (Å²) in [6, 6.07) is 8.11. The number of piperazine rings is 1. The van der Waals surface area contributed by atoms with Gasteiger partial charge in [-0.25, -0.2) is 0 Å². The van der Waals surface area contributed by atoms with Gasteiger partial charge < -0.3 is 5.32 Å². The molecule has 1 unspecified atom stereocenters. The standard InChI is InChI=1S/C16H24N2O/c1-3-4-14-5-7-15(8-6-14)16(19)13(2)18-11-9-17-10-12-18/h5-8,13,17H,3-4,9-12H2,1-2H3. The number of hydrogen-bond donors (Lipinski definition) is 1. The van der Waals surface area contributed by atoms with Gasteiger partial charge in [-0.05, 0) is 18.9 Å². The predicted octanol–water partition coefficient (Wildman–Crippen LogP) is 2.12. The van der Waals surface area contributed by atoms with E-state index in [1.807, 2.05) is 19.1 Å². The third kappa shape index (κ3) is 3.64. The van der Waals surface area contributed by atoms with E-state index in [2.05, 4.69) is 29.3 Å². The minimum Gasteiger partial charge on any atom is -0.314 e. The Morgan fingerprint density at radius 1 is 1.26 bits per heavy atom. The van der Waals surface area contributed by atoms with Crippen molar-refractivity contribution in [3.05, 3.63) is 35.4 Å². The van der Waals surface area contributed by atoms with E-state index in [1.54, 1.807) is 0 Å². The first kappa shape index (κ1) is 14.2. The molecule has 3 heteroatoms. The van der Waals surface area contributed by atoms with Gasteiger partial charge in [0.25, 0.3) is 0 Å². The van der Waals surface area contributed by atoms with Crippen molar-refractivity contribution in [2.24, 2.45) is 0 Å². The molecule has 0 spiro atoms. The summed E-state index contributed by atoms with van der Waals surface area (Å²) >= 11 is 0. The first-order chi connectivity index (χ1) is 9.22. The lowest BCUT2D eigenvalue weighted by Crippen LogP contribution is -2.50. The highest BCUT2D eigenvalue weighted by Gasteiger charge is 2.23. The van der Waals surface area contributed by atoms with E-state index in [-0.39, 0.29) is 11.8 Å². The molecule has 1 heterocycles. The van der Waals surface area contributed by atoms with Crippen LogP contribution in [0.4, 0.5) is 0 Å². The molecule has 0 aliphatic carbocycles. The number of carbonyl (C=O) groups excluding carboxylic acids is 1. The Hall–Kier alpha value is -1.19. The third-order valence-corrected chi connectivity index (χ3v) is 3.86. The summed E-state index contributed by atoms with van der Waals surface area (Å²) in [4.78, 5) is 14.7. The number of carbonyl (C=O) groups is 1. The highest BCUT2D eigenvalue weighted by Crippen LogP contribution is 2.12. The minimum atomic E-state index is -0.0147. The van der Waals surface area contributed by atoms with E-state index in [1.165, 1.54) is 5.56 Å². The lowest BCUT2D eigenvalue weighted by atomic mass is 10.0. The number of Topliss-reactive ketones (excluding diaryl/α,β-unsaturated/α-hetero) is 1. The van der Waals surface area contributed by atoms with Crippen LogP contribution >= 0.6 is 0 Å². The zero-order valence-corrected chi connectivity index (χ0v) is 12.0. The van der Waals surface area contributed by atoms with Crippen molar-refractivity contribution < 1.29 is 4.79 Å². The number of benzene rings is 1. The Kier molecular flexibility index (Phi) is 5.11. The van der Waals surface area contributed by atoms with Gasteiger partial charge in [-0.2, -0.15) is 0 Å². The van der Waals surface area contributed by atoms with Crippen LogP contribution in [0.2, 0.25) is 0 Å². The van der Waals surface area contributed by atoms with Gasteiger partial charge in [-0.3, -0.25) is 9.69 Å². The van der Waals surface area contributed by atoms with Crippen molar-refractivity contribution in [3.8, 4) is 0 Å². The molecule has 0 bridgehead atoms. The molecule has 19 heavy (non-hydrogen) atoms. The highest BCUT2D eigenvalue weighted by molar-refractivity contribution is 5.99. The van der Waals surface area contributed by atoms with Crippen LogP contribution in [0.25, 0.3) is 0 Å². The lowest BCUT2D eigenvalue weighted by Gasteiger charge is -2.31. The predicted molar refractivity (Wildman–Crippen MR) is 78.7 cm³/mol. The Morgan fingerprint density at radius 3 is 2.47 bits per heavy atom. The van der Waals surface area contributed by atoms with Gasteiger partial charge in [0.15, 0.2) is 5.78 Å². The Labute approximate surface area is 116 Å². The fourth-order valence-corrected chi connectivity index (χ4v) is 2.60. The van der Waals surface area contributed by atoms with Gasteiger partial charge in [0.1, 0.15) is 0 Å². The van der Waals surface area contributed by atoms with Gasteiger partial charge in [0, 0.05) is 31.7 Å². The molecule has 0 radical (unpaired) electrons. The van der Waals surface area contributed by atoms with Gasteiger partial charge >= 0.3 is 0 Å². The topological polar surface area (TPSA) is 32.3 Å². The SMILES string of the molecule is CCCc1ccc(C(=O)C(C)N2CCNCC2)cc1. The minimum absolute atomic E-state index is 0.0147. The van der Waals surface area contributed by atoms with E-state index in [0.29, 0.717) is 0 Å². The van der Waals surface area contributed by atoms with E-state index in [4.69, 9.17) is 0 Å². The molecular formula is C16H24N2O. The molecule has 1 atom stereocenters.